The van der Waals surface area contributed by atoms with Crippen LogP contribution in [0.15, 0.2) is 53.8 Å². The normalized spacial score (nSPS) is 10.9. The lowest BCUT2D eigenvalue weighted by atomic mass is 10.1. The van der Waals surface area contributed by atoms with Crippen LogP contribution in [-0.2, 0) is 16.2 Å². The molecule has 0 saturated carbocycles. The maximum Gasteiger partial charge on any atom is 0.260 e. The van der Waals surface area contributed by atoms with E-state index in [2.05, 4.69) is 29.3 Å². The smallest absolute Gasteiger partial charge is 0.260 e. The zero-order valence-electron chi connectivity index (χ0n) is 15.2. The van der Waals surface area contributed by atoms with Gasteiger partial charge in [-0.1, -0.05) is 25.1 Å². The molecule has 6 heteroatoms. The van der Waals surface area contributed by atoms with E-state index in [4.69, 9.17) is 9.57 Å². The Morgan fingerprint density at radius 2 is 2.04 bits per heavy atom. The Morgan fingerprint density at radius 1 is 1.23 bits per heavy atom. The van der Waals surface area contributed by atoms with E-state index in [1.807, 2.05) is 42.5 Å². The minimum absolute atomic E-state index is 0.0835. The highest BCUT2D eigenvalue weighted by atomic mass is 16.6. The molecule has 0 fully saturated rings. The van der Waals surface area contributed by atoms with Crippen LogP contribution in [0.1, 0.15) is 31.5 Å². The summed E-state index contributed by atoms with van der Waals surface area (Å²) >= 11 is 0. The second-order valence-corrected chi connectivity index (χ2v) is 6.22. The van der Waals surface area contributed by atoms with Crippen LogP contribution in [0.3, 0.4) is 0 Å². The highest BCUT2D eigenvalue weighted by Crippen LogP contribution is 2.12. The molecule has 2 aromatic rings. The van der Waals surface area contributed by atoms with Crippen LogP contribution in [0.25, 0.3) is 0 Å². The summed E-state index contributed by atoms with van der Waals surface area (Å²) < 4.78 is 5.67. The number of oxime groups is 1. The fourth-order valence-corrected chi connectivity index (χ4v) is 2.04. The molecule has 0 spiro atoms. The van der Waals surface area contributed by atoms with Gasteiger partial charge < -0.3 is 14.9 Å². The van der Waals surface area contributed by atoms with Crippen molar-refractivity contribution in [1.29, 1.82) is 0 Å². The third-order valence-electron chi connectivity index (χ3n) is 3.51. The van der Waals surface area contributed by atoms with Crippen LogP contribution in [0, 0.1) is 5.92 Å². The molecule has 1 aromatic carbocycles. The van der Waals surface area contributed by atoms with Crippen molar-refractivity contribution in [2.75, 3.05) is 13.2 Å². The molecule has 0 bridgehead atoms. The first-order valence-electron chi connectivity index (χ1n) is 8.68. The summed E-state index contributed by atoms with van der Waals surface area (Å²) in [6.45, 7) is 5.22. The first-order valence-corrected chi connectivity index (χ1v) is 8.68. The molecule has 26 heavy (non-hydrogen) atoms. The predicted octanol–water partition coefficient (Wildman–Crippen LogP) is 3.17. The average Bonchev–Trinajstić information content (AvgIpc) is 2.65. The Labute approximate surface area is 154 Å². The molecule has 0 aliphatic carbocycles. The van der Waals surface area contributed by atoms with Gasteiger partial charge in [-0.15, -0.1) is 0 Å². The molecular weight excluding hydrogens is 330 g/mol. The van der Waals surface area contributed by atoms with Gasteiger partial charge in [0, 0.05) is 12.7 Å². The van der Waals surface area contributed by atoms with Crippen LogP contribution in [0.2, 0.25) is 0 Å². The zero-order valence-corrected chi connectivity index (χ0v) is 15.2. The van der Waals surface area contributed by atoms with Crippen LogP contribution in [0.5, 0.6) is 5.75 Å². The maximum absolute atomic E-state index is 11.5. The van der Waals surface area contributed by atoms with Gasteiger partial charge in [0.05, 0.1) is 11.9 Å². The Bertz CT molecular complexity index is 685. The fraction of sp³-hybridized carbons (Fsp3) is 0.350. The van der Waals surface area contributed by atoms with E-state index >= 15 is 0 Å². The van der Waals surface area contributed by atoms with Crippen molar-refractivity contribution in [2.45, 2.75) is 26.9 Å². The number of carbonyl (C=O) groups excluding carboxylic acids is 1. The number of pyridine rings is 1. The van der Waals surface area contributed by atoms with Crippen molar-refractivity contribution in [3.05, 3.63) is 59.9 Å². The number of aromatic nitrogens is 1. The van der Waals surface area contributed by atoms with Crippen molar-refractivity contribution in [1.82, 2.24) is 10.3 Å². The summed E-state index contributed by atoms with van der Waals surface area (Å²) in [6, 6.07) is 13.1. The summed E-state index contributed by atoms with van der Waals surface area (Å²) in [7, 11) is 0. The molecule has 0 unspecified atom stereocenters. The Kier molecular flexibility index (Phi) is 8.12. The number of hydrogen-bond acceptors (Lipinski definition) is 5. The lowest BCUT2D eigenvalue weighted by molar-refractivity contribution is -0.125. The van der Waals surface area contributed by atoms with Crippen molar-refractivity contribution in [3.63, 3.8) is 0 Å². The second-order valence-electron chi connectivity index (χ2n) is 6.22. The topological polar surface area (TPSA) is 72.8 Å². The maximum atomic E-state index is 11.5. The quantitative estimate of drug-likeness (QED) is 0.525. The lowest BCUT2D eigenvalue weighted by Crippen LogP contribution is -2.28. The number of rotatable bonds is 10. The number of nitrogens with one attached hydrogen (secondary N) is 1. The summed E-state index contributed by atoms with van der Waals surface area (Å²) in [5.41, 5.74) is 1.73. The van der Waals surface area contributed by atoms with Gasteiger partial charge >= 0.3 is 0 Å². The number of hydrogen-bond donors (Lipinski definition) is 1. The van der Waals surface area contributed by atoms with Crippen LogP contribution in [-0.4, -0.2) is 30.3 Å². The summed E-state index contributed by atoms with van der Waals surface area (Å²) in [6.07, 6.45) is 4.25. The van der Waals surface area contributed by atoms with Gasteiger partial charge in [-0.3, -0.25) is 9.78 Å². The number of amides is 1. The van der Waals surface area contributed by atoms with E-state index in [1.165, 1.54) is 0 Å². The van der Waals surface area contributed by atoms with E-state index in [-0.39, 0.29) is 12.5 Å². The first kappa shape index (κ1) is 19.4. The van der Waals surface area contributed by atoms with Gasteiger partial charge in [0.25, 0.3) is 5.91 Å². The highest BCUT2D eigenvalue weighted by molar-refractivity contribution is 5.80. The van der Waals surface area contributed by atoms with Crippen LogP contribution < -0.4 is 10.1 Å². The summed E-state index contributed by atoms with van der Waals surface area (Å²) in [5, 5.41) is 6.60. The third kappa shape index (κ3) is 7.79. The van der Waals surface area contributed by atoms with Crippen molar-refractivity contribution < 1.29 is 14.4 Å². The molecule has 6 nitrogen and oxygen atoms in total. The minimum atomic E-state index is -0.166. The molecule has 1 aromatic heterocycles. The van der Waals surface area contributed by atoms with E-state index in [0.717, 1.165) is 23.4 Å². The van der Waals surface area contributed by atoms with Gasteiger partial charge in [0.15, 0.2) is 6.61 Å². The van der Waals surface area contributed by atoms with E-state index in [1.54, 1.807) is 12.4 Å². The molecule has 0 aliphatic heterocycles. The van der Waals surface area contributed by atoms with Crippen LogP contribution in [0.4, 0.5) is 0 Å². The second kappa shape index (κ2) is 10.9. The van der Waals surface area contributed by atoms with Gasteiger partial charge in [0.1, 0.15) is 12.4 Å². The SMILES string of the molecule is CC(C)CCNC(=O)CO/N=C/c1ccc(OCc2ccccn2)cc1. The molecular formula is C20H25N3O3. The van der Waals surface area contributed by atoms with Gasteiger partial charge in [-0.2, -0.15) is 0 Å². The molecule has 0 saturated heterocycles. The lowest BCUT2D eigenvalue weighted by Gasteiger charge is -2.06. The largest absolute Gasteiger partial charge is 0.487 e. The fourth-order valence-electron chi connectivity index (χ4n) is 2.04. The van der Waals surface area contributed by atoms with Crippen molar-refractivity contribution in [3.8, 4) is 5.75 Å². The predicted molar refractivity (Wildman–Crippen MR) is 101 cm³/mol. The summed E-state index contributed by atoms with van der Waals surface area (Å²) in [4.78, 5) is 20.8. The first-order chi connectivity index (χ1) is 12.6. The number of carbonyl (C=O) groups is 1. The average molecular weight is 355 g/mol. The molecule has 1 heterocycles. The van der Waals surface area contributed by atoms with Crippen molar-refractivity contribution in [2.24, 2.45) is 11.1 Å². The molecule has 0 radical (unpaired) electrons. The van der Waals surface area contributed by atoms with E-state index in [9.17, 15) is 4.79 Å². The molecule has 1 N–H and O–H groups in total. The van der Waals surface area contributed by atoms with Crippen molar-refractivity contribution >= 4 is 12.1 Å². The summed E-state index contributed by atoms with van der Waals surface area (Å²) in [5.74, 6) is 1.14. The monoisotopic (exact) mass is 355 g/mol. The van der Waals surface area contributed by atoms with Gasteiger partial charge in [-0.25, -0.2) is 0 Å². The van der Waals surface area contributed by atoms with E-state index < -0.39 is 0 Å². The van der Waals surface area contributed by atoms with Crippen LogP contribution >= 0.6 is 0 Å². The molecule has 0 aliphatic rings. The third-order valence-corrected chi connectivity index (χ3v) is 3.51. The molecule has 0 atom stereocenters. The minimum Gasteiger partial charge on any atom is -0.487 e. The highest BCUT2D eigenvalue weighted by Gasteiger charge is 2.01. The van der Waals surface area contributed by atoms with E-state index in [0.29, 0.717) is 19.1 Å². The number of ether oxygens (including phenoxy) is 1. The number of nitrogens with zero attached hydrogens (tertiary/aromatic N) is 2. The Hall–Kier alpha value is -2.89. The zero-order chi connectivity index (χ0) is 18.6. The molecule has 138 valence electrons. The van der Waals surface area contributed by atoms with Gasteiger partial charge in [0.2, 0.25) is 0 Å². The Morgan fingerprint density at radius 3 is 2.73 bits per heavy atom. The standard InChI is InChI=1S/C20H25N3O3/c1-16(2)10-12-22-20(24)15-26-23-13-17-6-8-19(9-7-17)25-14-18-5-3-4-11-21-18/h3-9,11,13,16H,10,12,14-15H2,1-2H3,(H,22,24)/b23-13+. The molecule has 1 amide bonds. The number of benzene rings is 1. The molecule has 2 rings (SSSR count). The Balaban J connectivity index is 1.68. The van der Waals surface area contributed by atoms with Gasteiger partial charge in [-0.05, 0) is 54.3 Å².